The minimum Gasteiger partial charge on any atom is -0.341 e. The summed E-state index contributed by atoms with van der Waals surface area (Å²) in [5.74, 6) is 0.320. The van der Waals surface area contributed by atoms with Gasteiger partial charge in [-0.15, -0.1) is 16.4 Å². The van der Waals surface area contributed by atoms with Gasteiger partial charge in [0, 0.05) is 49.6 Å². The summed E-state index contributed by atoms with van der Waals surface area (Å²) in [6.07, 6.45) is 4.51. The van der Waals surface area contributed by atoms with Crippen molar-refractivity contribution in [1.82, 2.24) is 29.8 Å². The minimum atomic E-state index is -0.223. The maximum atomic E-state index is 13.2. The van der Waals surface area contributed by atoms with Gasteiger partial charge in [0.25, 0.3) is 5.91 Å². The molecule has 1 saturated carbocycles. The quantitative estimate of drug-likeness (QED) is 0.480. The van der Waals surface area contributed by atoms with E-state index in [2.05, 4.69) is 29.1 Å². The monoisotopic (exact) mass is 544 g/mol. The zero-order valence-corrected chi connectivity index (χ0v) is 22.4. The van der Waals surface area contributed by atoms with Crippen LogP contribution in [-0.4, -0.2) is 67.8 Å². The van der Waals surface area contributed by atoms with Crippen LogP contribution >= 0.6 is 34.5 Å². The smallest absolute Gasteiger partial charge is 0.265 e. The van der Waals surface area contributed by atoms with E-state index in [9.17, 15) is 9.59 Å². The number of thiazole rings is 1. The maximum absolute atomic E-state index is 13.2. The molecule has 2 aromatic heterocycles. The molecule has 1 aromatic carbocycles. The Hall–Kier alpha value is -2.49. The molecule has 3 aliphatic rings. The number of likely N-dealkylation sites (tertiary alicyclic amines) is 2. The highest BCUT2D eigenvalue weighted by atomic mass is 35.5. The zero-order valence-electron chi connectivity index (χ0n) is 20.0. The average Bonchev–Trinajstić information content (AvgIpc) is 3.33. The second kappa shape index (κ2) is 8.53. The number of aromatic nitrogens is 4. The highest BCUT2D eigenvalue weighted by Gasteiger charge is 2.61. The van der Waals surface area contributed by atoms with E-state index in [1.54, 1.807) is 22.5 Å². The first-order valence-electron chi connectivity index (χ1n) is 12.0. The summed E-state index contributed by atoms with van der Waals surface area (Å²) >= 11 is 13.6. The van der Waals surface area contributed by atoms with Crippen molar-refractivity contribution in [3.05, 3.63) is 62.3 Å². The van der Waals surface area contributed by atoms with Crippen molar-refractivity contribution in [3.8, 4) is 0 Å². The molecule has 3 aromatic rings. The molecular formula is C25H26Cl2N6O2S. The number of benzene rings is 1. The fourth-order valence-electron chi connectivity index (χ4n) is 5.68. The Morgan fingerprint density at radius 2 is 1.89 bits per heavy atom. The summed E-state index contributed by atoms with van der Waals surface area (Å²) < 4.78 is 1.78. The lowest BCUT2D eigenvalue weighted by molar-refractivity contribution is -0.145. The van der Waals surface area contributed by atoms with Crippen molar-refractivity contribution in [2.24, 2.45) is 16.7 Å². The topological polar surface area (TPSA) is 84.2 Å². The molecule has 1 aliphatic carbocycles. The van der Waals surface area contributed by atoms with E-state index in [1.165, 1.54) is 11.3 Å². The molecule has 2 atom stereocenters. The van der Waals surface area contributed by atoms with E-state index in [-0.39, 0.29) is 34.5 Å². The Morgan fingerprint density at radius 3 is 2.56 bits per heavy atom. The first-order chi connectivity index (χ1) is 17.1. The summed E-state index contributed by atoms with van der Waals surface area (Å²) in [7, 11) is 0. The molecule has 0 bridgehead atoms. The van der Waals surface area contributed by atoms with E-state index >= 15 is 0 Å². The number of carbonyl (C=O) groups is 2. The molecule has 0 N–H and O–H groups in total. The van der Waals surface area contributed by atoms with Crippen molar-refractivity contribution in [2.45, 2.75) is 32.7 Å². The van der Waals surface area contributed by atoms with Gasteiger partial charge >= 0.3 is 0 Å². The summed E-state index contributed by atoms with van der Waals surface area (Å²) in [5.41, 5.74) is 3.35. The number of halogens is 2. The van der Waals surface area contributed by atoms with Crippen LogP contribution in [0.2, 0.25) is 10.0 Å². The van der Waals surface area contributed by atoms with Crippen molar-refractivity contribution in [2.75, 3.05) is 26.2 Å². The van der Waals surface area contributed by atoms with Gasteiger partial charge in [0.05, 0.1) is 34.0 Å². The fourth-order valence-corrected chi connectivity index (χ4v) is 6.59. The van der Waals surface area contributed by atoms with Gasteiger partial charge < -0.3 is 9.80 Å². The summed E-state index contributed by atoms with van der Waals surface area (Å²) in [4.78, 5) is 34.8. The van der Waals surface area contributed by atoms with E-state index in [4.69, 9.17) is 23.2 Å². The average molecular weight is 545 g/mol. The molecule has 2 amide bonds. The molecule has 188 valence electrons. The van der Waals surface area contributed by atoms with Crippen molar-refractivity contribution in [1.29, 1.82) is 0 Å². The van der Waals surface area contributed by atoms with E-state index in [1.807, 2.05) is 28.1 Å². The number of rotatable bonds is 5. The highest BCUT2D eigenvalue weighted by Crippen LogP contribution is 2.55. The molecule has 4 heterocycles. The standard InChI is InChI=1S/C25H26Cl2N6O2S/c1-24(2)6-16(24)22(34)32-12-25(13-32)11-31(23(35)21-7-28-14-36-21)9-17(25)20-10-33(30-29-20)8-15-3-4-18(26)19(27)5-15/h3-5,7,10,14,16-17H,6,8-9,11-13H2,1-2H3/t16-,17?/m1/s1. The molecule has 8 nitrogen and oxygen atoms in total. The Balaban J connectivity index is 1.23. The lowest BCUT2D eigenvalue weighted by Crippen LogP contribution is -2.62. The third kappa shape index (κ3) is 4.11. The molecule has 3 fully saturated rings. The third-order valence-electron chi connectivity index (χ3n) is 7.95. The van der Waals surface area contributed by atoms with Crippen LogP contribution < -0.4 is 0 Å². The minimum absolute atomic E-state index is 0.00631. The van der Waals surface area contributed by atoms with Gasteiger partial charge in [-0.25, -0.2) is 4.68 Å². The Morgan fingerprint density at radius 1 is 1.14 bits per heavy atom. The molecule has 1 unspecified atom stereocenters. The van der Waals surface area contributed by atoms with Crippen LogP contribution in [0.25, 0.3) is 0 Å². The Bertz CT molecular complexity index is 1330. The maximum Gasteiger partial charge on any atom is 0.265 e. The number of nitrogens with zero attached hydrogens (tertiary/aromatic N) is 6. The molecule has 2 aliphatic heterocycles. The van der Waals surface area contributed by atoms with Crippen molar-refractivity contribution >= 4 is 46.4 Å². The summed E-state index contributed by atoms with van der Waals surface area (Å²) in [6, 6.07) is 5.51. The van der Waals surface area contributed by atoms with Crippen LogP contribution in [0.3, 0.4) is 0 Å². The van der Waals surface area contributed by atoms with E-state index in [0.717, 1.165) is 17.7 Å². The predicted molar refractivity (Wildman–Crippen MR) is 137 cm³/mol. The molecule has 0 radical (unpaired) electrons. The highest BCUT2D eigenvalue weighted by molar-refractivity contribution is 7.11. The summed E-state index contributed by atoms with van der Waals surface area (Å²) in [6.45, 7) is 7.19. The van der Waals surface area contributed by atoms with E-state index in [0.29, 0.717) is 47.6 Å². The van der Waals surface area contributed by atoms with Gasteiger partial charge in [-0.3, -0.25) is 14.6 Å². The van der Waals surface area contributed by atoms with Crippen LogP contribution in [0.5, 0.6) is 0 Å². The second-order valence-corrected chi connectivity index (χ2v) is 12.7. The lowest BCUT2D eigenvalue weighted by atomic mass is 9.70. The Kier molecular flexibility index (Phi) is 5.66. The van der Waals surface area contributed by atoms with E-state index < -0.39 is 0 Å². The summed E-state index contributed by atoms with van der Waals surface area (Å²) in [5, 5.41) is 9.88. The second-order valence-electron chi connectivity index (χ2n) is 11.0. The Labute approximate surface area is 223 Å². The molecule has 6 rings (SSSR count). The normalized spacial score (nSPS) is 23.7. The molecule has 11 heteroatoms. The van der Waals surface area contributed by atoms with Crippen molar-refractivity contribution < 1.29 is 9.59 Å². The molecule has 1 spiro atoms. The molecular weight excluding hydrogens is 519 g/mol. The van der Waals surface area contributed by atoms with Gasteiger partial charge in [-0.05, 0) is 29.5 Å². The van der Waals surface area contributed by atoms with Crippen LogP contribution in [-0.2, 0) is 11.3 Å². The van der Waals surface area contributed by atoms with Crippen molar-refractivity contribution in [3.63, 3.8) is 0 Å². The lowest BCUT2D eigenvalue weighted by Gasteiger charge is -2.50. The van der Waals surface area contributed by atoms with Crippen LogP contribution in [0.15, 0.2) is 36.1 Å². The third-order valence-corrected chi connectivity index (χ3v) is 9.46. The number of hydrogen-bond acceptors (Lipinski definition) is 6. The molecule has 2 saturated heterocycles. The number of carbonyl (C=O) groups excluding carboxylic acids is 2. The predicted octanol–water partition coefficient (Wildman–Crippen LogP) is 4.20. The molecule has 36 heavy (non-hydrogen) atoms. The van der Waals surface area contributed by atoms with Gasteiger partial charge in [0.15, 0.2) is 0 Å². The van der Waals surface area contributed by atoms with Crippen LogP contribution in [0.4, 0.5) is 0 Å². The van der Waals surface area contributed by atoms with Gasteiger partial charge in [0.2, 0.25) is 5.91 Å². The first-order valence-corrected chi connectivity index (χ1v) is 13.6. The van der Waals surface area contributed by atoms with Crippen LogP contribution in [0, 0.1) is 16.7 Å². The number of amides is 2. The fraction of sp³-hybridized carbons (Fsp3) is 0.480. The van der Waals surface area contributed by atoms with Gasteiger partial charge in [-0.1, -0.05) is 48.3 Å². The zero-order chi connectivity index (χ0) is 25.2. The van der Waals surface area contributed by atoms with Gasteiger partial charge in [0.1, 0.15) is 4.88 Å². The largest absolute Gasteiger partial charge is 0.341 e. The SMILES string of the molecule is CC1(C)C[C@@H]1C(=O)N1CC2(CN(C(=O)c3cncs3)CC2c2cn(Cc3ccc(Cl)c(Cl)c3)nn2)C1. The number of hydrogen-bond donors (Lipinski definition) is 0. The van der Waals surface area contributed by atoms with Crippen LogP contribution in [0.1, 0.15) is 47.1 Å². The first kappa shape index (κ1) is 23.9. The van der Waals surface area contributed by atoms with Gasteiger partial charge in [-0.2, -0.15) is 0 Å².